The zero-order valence-electron chi connectivity index (χ0n) is 18.7. The highest BCUT2D eigenvalue weighted by Crippen LogP contribution is 2.32. The van der Waals surface area contributed by atoms with E-state index in [0.717, 1.165) is 0 Å². The maximum Gasteiger partial charge on any atom is 0.271 e. The molecule has 0 fully saturated rings. The summed E-state index contributed by atoms with van der Waals surface area (Å²) in [5, 5.41) is 24.1. The van der Waals surface area contributed by atoms with Crippen LogP contribution in [0.4, 0.5) is 11.4 Å². The van der Waals surface area contributed by atoms with Crippen LogP contribution in [-0.4, -0.2) is 17.9 Å². The topological polar surface area (TPSA) is 114 Å². The highest BCUT2D eigenvalue weighted by Gasteiger charge is 2.15. The molecule has 8 nitrogen and oxygen atoms in total. The minimum atomic E-state index is -0.711. The average Bonchev–Trinajstić information content (AvgIpc) is 2.83. The van der Waals surface area contributed by atoms with E-state index < -0.39 is 10.8 Å². The number of ether oxygens (including phenoxy) is 2. The molecule has 0 spiro atoms. The van der Waals surface area contributed by atoms with Crippen LogP contribution >= 0.6 is 23.2 Å². The van der Waals surface area contributed by atoms with Gasteiger partial charge in [-0.2, -0.15) is 5.26 Å². The standard InChI is InChI=1S/C25H19Cl2N3O5/c1-15-6-8-18(30(32)33)12-22(15)29-25(31)17(13-28)10-16-7-9-23(34-2)24(11-16)35-14-19-20(26)4-3-5-21(19)27/h3-12H,14H2,1-2H3,(H,29,31)/b17-10+. The Bertz CT molecular complexity index is 1350. The molecule has 10 heteroatoms. The van der Waals surface area contributed by atoms with Crippen molar-refractivity contribution in [1.29, 1.82) is 5.26 Å². The van der Waals surface area contributed by atoms with E-state index in [0.29, 0.717) is 38.2 Å². The fourth-order valence-electron chi connectivity index (χ4n) is 3.08. The first-order valence-electron chi connectivity index (χ1n) is 10.2. The van der Waals surface area contributed by atoms with Gasteiger partial charge in [0.05, 0.1) is 17.7 Å². The number of nitro benzene ring substituents is 1. The van der Waals surface area contributed by atoms with Gasteiger partial charge in [0, 0.05) is 27.7 Å². The SMILES string of the molecule is COc1ccc(/C=C(\C#N)C(=O)Nc2cc([N+](=O)[O-])ccc2C)cc1OCc1c(Cl)cccc1Cl. The number of anilines is 1. The molecule has 0 aromatic heterocycles. The Morgan fingerprint density at radius 2 is 1.86 bits per heavy atom. The Kier molecular flexibility index (Phi) is 8.31. The Balaban J connectivity index is 1.85. The number of non-ortho nitro benzene ring substituents is 1. The van der Waals surface area contributed by atoms with Gasteiger partial charge in [-0.05, 0) is 48.4 Å². The summed E-state index contributed by atoms with van der Waals surface area (Å²) in [7, 11) is 1.48. The molecule has 0 unspecified atom stereocenters. The van der Waals surface area contributed by atoms with E-state index in [4.69, 9.17) is 32.7 Å². The predicted molar refractivity (Wildman–Crippen MR) is 134 cm³/mol. The summed E-state index contributed by atoms with van der Waals surface area (Å²) >= 11 is 12.4. The van der Waals surface area contributed by atoms with Gasteiger partial charge in [0.25, 0.3) is 11.6 Å². The molecule has 0 aliphatic heterocycles. The molecule has 3 rings (SSSR count). The predicted octanol–water partition coefficient (Wildman–Crippen LogP) is 6.34. The van der Waals surface area contributed by atoms with Crippen LogP contribution in [-0.2, 0) is 11.4 Å². The largest absolute Gasteiger partial charge is 0.493 e. The normalized spacial score (nSPS) is 10.9. The van der Waals surface area contributed by atoms with Crippen molar-refractivity contribution < 1.29 is 19.2 Å². The molecule has 3 aromatic carbocycles. The molecule has 0 saturated carbocycles. The third-order valence-electron chi connectivity index (χ3n) is 4.98. The Morgan fingerprint density at radius 3 is 2.49 bits per heavy atom. The molecule has 35 heavy (non-hydrogen) atoms. The first kappa shape index (κ1) is 25.6. The first-order chi connectivity index (χ1) is 16.7. The van der Waals surface area contributed by atoms with Gasteiger partial charge in [-0.1, -0.05) is 41.4 Å². The molecule has 1 amide bonds. The Morgan fingerprint density at radius 1 is 1.14 bits per heavy atom. The number of hydrogen-bond acceptors (Lipinski definition) is 6. The lowest BCUT2D eigenvalue weighted by Crippen LogP contribution is -2.14. The van der Waals surface area contributed by atoms with E-state index in [2.05, 4.69) is 5.32 Å². The number of nitro groups is 1. The van der Waals surface area contributed by atoms with Crippen LogP contribution < -0.4 is 14.8 Å². The average molecular weight is 512 g/mol. The summed E-state index contributed by atoms with van der Waals surface area (Å²) < 4.78 is 11.2. The van der Waals surface area contributed by atoms with Crippen LogP contribution in [0.25, 0.3) is 6.08 Å². The number of carbonyl (C=O) groups excluding carboxylic acids is 1. The summed E-state index contributed by atoms with van der Waals surface area (Å²) in [6, 6.07) is 16.0. The summed E-state index contributed by atoms with van der Waals surface area (Å²) in [6.07, 6.45) is 1.37. The number of hydrogen-bond donors (Lipinski definition) is 1. The minimum Gasteiger partial charge on any atom is -0.493 e. The minimum absolute atomic E-state index is 0.0691. The number of aryl methyl sites for hydroxylation is 1. The molecule has 3 aromatic rings. The number of nitrogens with one attached hydrogen (secondary N) is 1. The summed E-state index contributed by atoms with van der Waals surface area (Å²) in [6.45, 7) is 1.76. The molecule has 0 radical (unpaired) electrons. The van der Waals surface area contributed by atoms with E-state index in [1.165, 1.54) is 31.4 Å². The third kappa shape index (κ3) is 6.29. The maximum absolute atomic E-state index is 12.7. The van der Waals surface area contributed by atoms with Crippen molar-refractivity contribution in [2.45, 2.75) is 13.5 Å². The van der Waals surface area contributed by atoms with Crippen LogP contribution in [0.15, 0.2) is 60.2 Å². The second-order valence-corrected chi connectivity index (χ2v) is 8.09. The van der Waals surface area contributed by atoms with Gasteiger partial charge in [-0.25, -0.2) is 0 Å². The lowest BCUT2D eigenvalue weighted by atomic mass is 10.1. The third-order valence-corrected chi connectivity index (χ3v) is 5.69. The van der Waals surface area contributed by atoms with E-state index in [1.54, 1.807) is 43.3 Å². The molecular weight excluding hydrogens is 493 g/mol. The van der Waals surface area contributed by atoms with Gasteiger partial charge in [-0.3, -0.25) is 14.9 Å². The Labute approximate surface area is 211 Å². The van der Waals surface area contributed by atoms with Crippen LogP contribution in [0.3, 0.4) is 0 Å². The molecule has 0 aliphatic carbocycles. The number of nitriles is 1. The van der Waals surface area contributed by atoms with Gasteiger partial charge >= 0.3 is 0 Å². The second-order valence-electron chi connectivity index (χ2n) is 7.28. The van der Waals surface area contributed by atoms with Crippen molar-refractivity contribution >= 4 is 46.6 Å². The van der Waals surface area contributed by atoms with Crippen molar-refractivity contribution in [3.8, 4) is 17.6 Å². The van der Waals surface area contributed by atoms with Gasteiger partial charge in [-0.15, -0.1) is 0 Å². The number of carbonyl (C=O) groups is 1. The fourth-order valence-corrected chi connectivity index (χ4v) is 3.59. The van der Waals surface area contributed by atoms with Crippen LogP contribution in [0.2, 0.25) is 10.0 Å². The molecular formula is C25H19Cl2N3O5. The van der Waals surface area contributed by atoms with Crippen molar-refractivity contribution in [2.24, 2.45) is 0 Å². The lowest BCUT2D eigenvalue weighted by Gasteiger charge is -2.13. The highest BCUT2D eigenvalue weighted by atomic mass is 35.5. The molecule has 0 atom stereocenters. The molecule has 0 aliphatic rings. The van der Waals surface area contributed by atoms with E-state index >= 15 is 0 Å². The maximum atomic E-state index is 12.7. The van der Waals surface area contributed by atoms with Crippen LogP contribution in [0.1, 0.15) is 16.7 Å². The van der Waals surface area contributed by atoms with E-state index in [9.17, 15) is 20.2 Å². The van der Waals surface area contributed by atoms with Crippen LogP contribution in [0.5, 0.6) is 11.5 Å². The fraction of sp³-hybridized carbons (Fsp3) is 0.120. The highest BCUT2D eigenvalue weighted by molar-refractivity contribution is 6.35. The summed E-state index contributed by atoms with van der Waals surface area (Å²) in [5.41, 5.74) is 1.56. The van der Waals surface area contributed by atoms with Gasteiger partial charge in [0.2, 0.25) is 0 Å². The second kappa shape index (κ2) is 11.4. The lowest BCUT2D eigenvalue weighted by molar-refractivity contribution is -0.384. The molecule has 0 heterocycles. The Hall–Kier alpha value is -4.06. The number of halogens is 2. The zero-order chi connectivity index (χ0) is 25.5. The van der Waals surface area contributed by atoms with E-state index in [-0.39, 0.29) is 23.6 Å². The van der Waals surface area contributed by atoms with Crippen molar-refractivity contribution in [1.82, 2.24) is 0 Å². The first-order valence-corrected chi connectivity index (χ1v) is 10.9. The van der Waals surface area contributed by atoms with E-state index in [1.807, 2.05) is 6.07 Å². The van der Waals surface area contributed by atoms with Crippen LogP contribution in [0, 0.1) is 28.4 Å². The summed E-state index contributed by atoms with van der Waals surface area (Å²) in [4.78, 5) is 23.2. The zero-order valence-corrected chi connectivity index (χ0v) is 20.2. The number of nitrogens with zero attached hydrogens (tertiary/aromatic N) is 2. The molecule has 0 bridgehead atoms. The molecule has 1 N–H and O–H groups in total. The van der Waals surface area contributed by atoms with Gasteiger partial charge < -0.3 is 14.8 Å². The van der Waals surface area contributed by atoms with Crippen molar-refractivity contribution in [3.05, 3.63) is 97.0 Å². The van der Waals surface area contributed by atoms with Gasteiger partial charge in [0.1, 0.15) is 18.2 Å². The monoisotopic (exact) mass is 511 g/mol. The van der Waals surface area contributed by atoms with Crippen molar-refractivity contribution in [3.63, 3.8) is 0 Å². The number of rotatable bonds is 8. The quantitative estimate of drug-likeness (QED) is 0.163. The summed E-state index contributed by atoms with van der Waals surface area (Å²) in [5.74, 6) is 0.0715. The smallest absolute Gasteiger partial charge is 0.271 e. The number of amides is 1. The molecule has 178 valence electrons. The number of benzene rings is 3. The number of methoxy groups -OCH3 is 1. The van der Waals surface area contributed by atoms with Crippen molar-refractivity contribution in [2.75, 3.05) is 12.4 Å². The van der Waals surface area contributed by atoms with Gasteiger partial charge in [0.15, 0.2) is 11.5 Å². The molecule has 0 saturated heterocycles.